The second kappa shape index (κ2) is 10.4. The Hall–Kier alpha value is -6.12. The SMILES string of the molecule is CC1(C)c2ccccc2-c2c(N(c3ccc(-c4cccc5ccccc45)cc3)c3cccc4oc5ccccc5c34)cc3ccccc3c21. The first-order valence-corrected chi connectivity index (χ1v) is 17.0. The quantitative estimate of drug-likeness (QED) is 0.193. The summed E-state index contributed by atoms with van der Waals surface area (Å²) in [6.07, 6.45) is 0. The molecular formula is C47H33NO. The summed E-state index contributed by atoms with van der Waals surface area (Å²) in [5.41, 5.74) is 12.7. The molecule has 2 nitrogen and oxygen atoms in total. The van der Waals surface area contributed by atoms with E-state index in [1.807, 2.05) is 6.07 Å². The van der Waals surface area contributed by atoms with Crippen molar-refractivity contribution in [3.8, 4) is 22.3 Å². The van der Waals surface area contributed by atoms with Gasteiger partial charge < -0.3 is 9.32 Å². The molecular weight excluding hydrogens is 595 g/mol. The Labute approximate surface area is 285 Å². The van der Waals surface area contributed by atoms with Crippen LogP contribution in [0.2, 0.25) is 0 Å². The molecule has 0 fully saturated rings. The van der Waals surface area contributed by atoms with Gasteiger partial charge in [-0.05, 0) is 85.8 Å². The number of hydrogen-bond donors (Lipinski definition) is 0. The number of rotatable bonds is 4. The number of anilines is 3. The summed E-state index contributed by atoms with van der Waals surface area (Å²) in [5, 5.41) is 7.28. The number of nitrogens with zero attached hydrogens (tertiary/aromatic N) is 1. The molecule has 1 aliphatic rings. The van der Waals surface area contributed by atoms with Crippen LogP contribution in [-0.4, -0.2) is 0 Å². The predicted molar refractivity (Wildman–Crippen MR) is 206 cm³/mol. The van der Waals surface area contributed by atoms with Gasteiger partial charge in [0, 0.05) is 22.1 Å². The Morgan fingerprint density at radius 1 is 0.490 bits per heavy atom. The molecule has 0 atom stereocenters. The van der Waals surface area contributed by atoms with Gasteiger partial charge in [-0.3, -0.25) is 0 Å². The van der Waals surface area contributed by atoms with Gasteiger partial charge in [-0.2, -0.15) is 0 Å². The minimum atomic E-state index is -0.167. The summed E-state index contributed by atoms with van der Waals surface area (Å²) < 4.78 is 6.46. The Kier molecular flexibility index (Phi) is 5.95. The van der Waals surface area contributed by atoms with Crippen LogP contribution in [0.5, 0.6) is 0 Å². The van der Waals surface area contributed by atoms with E-state index in [4.69, 9.17) is 4.42 Å². The molecule has 232 valence electrons. The average Bonchev–Trinajstić information content (AvgIpc) is 3.65. The summed E-state index contributed by atoms with van der Waals surface area (Å²) in [4.78, 5) is 2.47. The maximum Gasteiger partial charge on any atom is 0.137 e. The van der Waals surface area contributed by atoms with Gasteiger partial charge >= 0.3 is 0 Å². The Morgan fingerprint density at radius 3 is 1.98 bits per heavy atom. The second-order valence-corrected chi connectivity index (χ2v) is 13.7. The fourth-order valence-electron chi connectivity index (χ4n) is 8.43. The van der Waals surface area contributed by atoms with E-state index >= 15 is 0 Å². The van der Waals surface area contributed by atoms with Crippen LogP contribution in [0.1, 0.15) is 25.0 Å². The van der Waals surface area contributed by atoms with Crippen molar-refractivity contribution in [2.24, 2.45) is 0 Å². The molecule has 49 heavy (non-hydrogen) atoms. The molecule has 1 aromatic heterocycles. The summed E-state index contributed by atoms with van der Waals surface area (Å²) >= 11 is 0. The van der Waals surface area contributed by atoms with Crippen molar-refractivity contribution in [1.29, 1.82) is 0 Å². The number of para-hydroxylation sites is 1. The van der Waals surface area contributed by atoms with Crippen molar-refractivity contribution in [2.45, 2.75) is 19.3 Å². The molecule has 0 bridgehead atoms. The summed E-state index contributed by atoms with van der Waals surface area (Å²) in [6.45, 7) is 4.75. The highest BCUT2D eigenvalue weighted by molar-refractivity contribution is 6.15. The van der Waals surface area contributed by atoms with Gasteiger partial charge in [0.05, 0.1) is 16.8 Å². The second-order valence-electron chi connectivity index (χ2n) is 13.7. The fraction of sp³-hybridized carbons (Fsp3) is 0.0638. The first kappa shape index (κ1) is 27.9. The van der Waals surface area contributed by atoms with E-state index in [1.165, 1.54) is 60.6 Å². The molecule has 0 saturated carbocycles. The molecule has 0 unspecified atom stereocenters. The van der Waals surface area contributed by atoms with Gasteiger partial charge in [-0.1, -0.05) is 141 Å². The van der Waals surface area contributed by atoms with Crippen LogP contribution >= 0.6 is 0 Å². The monoisotopic (exact) mass is 627 g/mol. The van der Waals surface area contributed by atoms with Gasteiger partial charge in [0.25, 0.3) is 0 Å². The molecule has 0 saturated heterocycles. The van der Waals surface area contributed by atoms with Crippen LogP contribution in [0.4, 0.5) is 17.1 Å². The van der Waals surface area contributed by atoms with Crippen molar-refractivity contribution >= 4 is 60.5 Å². The minimum absolute atomic E-state index is 0.167. The van der Waals surface area contributed by atoms with Gasteiger partial charge in [0.1, 0.15) is 11.2 Å². The lowest BCUT2D eigenvalue weighted by Gasteiger charge is -2.30. The molecule has 2 heteroatoms. The Bertz CT molecular complexity index is 2740. The van der Waals surface area contributed by atoms with Crippen molar-refractivity contribution in [3.05, 3.63) is 175 Å². The maximum atomic E-state index is 6.46. The summed E-state index contributed by atoms with van der Waals surface area (Å²) in [5.74, 6) is 0. The van der Waals surface area contributed by atoms with Crippen LogP contribution in [-0.2, 0) is 5.41 Å². The highest BCUT2D eigenvalue weighted by Crippen LogP contribution is 2.57. The molecule has 0 aliphatic heterocycles. The molecule has 1 aliphatic carbocycles. The predicted octanol–water partition coefficient (Wildman–Crippen LogP) is 13.3. The average molecular weight is 628 g/mol. The molecule has 1 heterocycles. The topological polar surface area (TPSA) is 16.4 Å². The van der Waals surface area contributed by atoms with E-state index in [2.05, 4.69) is 176 Å². The lowest BCUT2D eigenvalue weighted by atomic mass is 9.80. The highest BCUT2D eigenvalue weighted by atomic mass is 16.3. The zero-order valence-electron chi connectivity index (χ0n) is 27.4. The molecule has 9 aromatic rings. The third-order valence-electron chi connectivity index (χ3n) is 10.6. The van der Waals surface area contributed by atoms with E-state index in [0.29, 0.717) is 0 Å². The summed E-state index contributed by atoms with van der Waals surface area (Å²) in [6, 6.07) is 59.4. The van der Waals surface area contributed by atoms with E-state index in [-0.39, 0.29) is 5.41 Å². The lowest BCUT2D eigenvalue weighted by Crippen LogP contribution is -2.17. The van der Waals surface area contributed by atoms with Crippen LogP contribution in [0.3, 0.4) is 0 Å². The molecule has 0 spiro atoms. The largest absolute Gasteiger partial charge is 0.456 e. The van der Waals surface area contributed by atoms with Crippen molar-refractivity contribution in [1.82, 2.24) is 0 Å². The zero-order chi connectivity index (χ0) is 32.7. The zero-order valence-corrected chi connectivity index (χ0v) is 27.4. The molecule has 10 rings (SSSR count). The van der Waals surface area contributed by atoms with E-state index in [0.717, 1.165) is 33.3 Å². The normalized spacial score (nSPS) is 13.3. The van der Waals surface area contributed by atoms with Crippen LogP contribution in [0, 0.1) is 0 Å². The smallest absolute Gasteiger partial charge is 0.137 e. The van der Waals surface area contributed by atoms with Gasteiger partial charge in [-0.15, -0.1) is 0 Å². The number of furan rings is 1. The molecule has 0 radical (unpaired) electrons. The first-order chi connectivity index (χ1) is 24.1. The van der Waals surface area contributed by atoms with Crippen LogP contribution in [0.15, 0.2) is 168 Å². The van der Waals surface area contributed by atoms with Crippen molar-refractivity contribution in [3.63, 3.8) is 0 Å². The standard InChI is InChI=1S/C47H33NO/c1-47(2)39-21-9-7-18-37(39)45-41(29-32-14-4-6-17-36(32)46(45)47)48(40-22-12-24-43-44(40)38-19-8-10-23-42(38)49-43)33-27-25-31(26-28-33)35-20-11-15-30-13-3-5-16-34(30)35/h3-29H,1-2H3. The fourth-order valence-corrected chi connectivity index (χ4v) is 8.43. The molecule has 0 N–H and O–H groups in total. The maximum absolute atomic E-state index is 6.46. The van der Waals surface area contributed by atoms with Gasteiger partial charge in [0.2, 0.25) is 0 Å². The van der Waals surface area contributed by atoms with E-state index in [9.17, 15) is 0 Å². The van der Waals surface area contributed by atoms with Crippen LogP contribution in [0.25, 0.3) is 65.7 Å². The van der Waals surface area contributed by atoms with Crippen molar-refractivity contribution < 1.29 is 4.42 Å². The van der Waals surface area contributed by atoms with Crippen LogP contribution < -0.4 is 4.90 Å². The van der Waals surface area contributed by atoms with Crippen molar-refractivity contribution in [2.75, 3.05) is 4.90 Å². The van der Waals surface area contributed by atoms with E-state index in [1.54, 1.807) is 0 Å². The lowest BCUT2D eigenvalue weighted by molar-refractivity contribution is 0.666. The van der Waals surface area contributed by atoms with Gasteiger partial charge in [0.15, 0.2) is 0 Å². The number of benzene rings is 8. The summed E-state index contributed by atoms with van der Waals surface area (Å²) in [7, 11) is 0. The third-order valence-corrected chi connectivity index (χ3v) is 10.6. The molecule has 8 aromatic carbocycles. The highest BCUT2D eigenvalue weighted by Gasteiger charge is 2.39. The van der Waals surface area contributed by atoms with Gasteiger partial charge in [-0.25, -0.2) is 0 Å². The first-order valence-electron chi connectivity index (χ1n) is 17.0. The Morgan fingerprint density at radius 2 is 1.12 bits per heavy atom. The Balaban J connectivity index is 1.29. The minimum Gasteiger partial charge on any atom is -0.456 e. The third kappa shape index (κ3) is 4.07. The number of fused-ring (bicyclic) bond motifs is 9. The van der Waals surface area contributed by atoms with E-state index < -0.39 is 0 Å². The number of hydrogen-bond acceptors (Lipinski definition) is 2. The molecule has 0 amide bonds.